The Hall–Kier alpha value is -2.28. The van der Waals surface area contributed by atoms with Gasteiger partial charge in [0.1, 0.15) is 0 Å². The van der Waals surface area contributed by atoms with Gasteiger partial charge in [-0.2, -0.15) is 0 Å². The summed E-state index contributed by atoms with van der Waals surface area (Å²) in [4.78, 5) is 11.8. The zero-order chi connectivity index (χ0) is 24.8. The summed E-state index contributed by atoms with van der Waals surface area (Å²) in [6.45, 7) is 0. The molecule has 0 saturated heterocycles. The topological polar surface area (TPSA) is 114 Å². The molecule has 34 heavy (non-hydrogen) atoms. The summed E-state index contributed by atoms with van der Waals surface area (Å²) in [6.07, 6.45) is 0. The maximum absolute atomic E-state index is 13.1. The van der Waals surface area contributed by atoms with Gasteiger partial charge in [0.05, 0.1) is 32.1 Å². The maximum Gasteiger partial charge on any atom is 0.262 e. The number of nitrogens with zero attached hydrogens (tertiary/aromatic N) is 1. The lowest BCUT2D eigenvalue weighted by Crippen LogP contribution is -2.18. The molecule has 0 spiro atoms. The van der Waals surface area contributed by atoms with E-state index in [4.69, 9.17) is 34.8 Å². The molecule has 1 heterocycles. The molecule has 0 saturated carbocycles. The van der Waals surface area contributed by atoms with Crippen LogP contribution in [0.5, 0.6) is 0 Å². The minimum Gasteiger partial charge on any atom is -0.297 e. The van der Waals surface area contributed by atoms with Crippen LogP contribution in [0.15, 0.2) is 69.2 Å². The molecular weight excluding hydrogens is 565 g/mol. The second-order valence-electron chi connectivity index (χ2n) is 7.06. The van der Waals surface area contributed by atoms with Crippen molar-refractivity contribution in [3.05, 3.63) is 79.2 Å². The highest BCUT2D eigenvalue weighted by atomic mass is 35.5. The van der Waals surface area contributed by atoms with E-state index in [1.165, 1.54) is 54.6 Å². The van der Waals surface area contributed by atoms with Crippen LogP contribution in [0, 0.1) is 0 Å². The van der Waals surface area contributed by atoms with Gasteiger partial charge in [-0.3, -0.25) is 18.2 Å². The van der Waals surface area contributed by atoms with Gasteiger partial charge >= 0.3 is 0 Å². The van der Waals surface area contributed by atoms with Gasteiger partial charge in [0.2, 0.25) is 0 Å². The van der Waals surface area contributed by atoms with Crippen molar-refractivity contribution in [1.82, 2.24) is 3.96 Å². The summed E-state index contributed by atoms with van der Waals surface area (Å²) in [5, 5.41) is 0.633. The minimum atomic E-state index is -4.21. The van der Waals surface area contributed by atoms with Crippen molar-refractivity contribution in [2.75, 3.05) is 9.44 Å². The fraction of sp³-hybridized carbons (Fsp3) is 0.0500. The van der Waals surface area contributed by atoms with Crippen LogP contribution in [-0.2, 0) is 27.1 Å². The highest BCUT2D eigenvalue weighted by Gasteiger charge is 2.22. The highest BCUT2D eigenvalue weighted by Crippen LogP contribution is 2.31. The third-order valence-electron chi connectivity index (χ3n) is 4.67. The standard InChI is InChI=1S/C20H14Cl3N3O5S3/c1-26-19-5-3-14(10-16(19)20(27)32-26)33(28,29)25-18-9-11(21)2-4-17(18)24-34(30,31)15-7-12(22)6-13(23)8-15/h2-10,24-25H,1H3. The molecule has 8 nitrogen and oxygen atoms in total. The fourth-order valence-electron chi connectivity index (χ4n) is 3.12. The number of hydrogen-bond acceptors (Lipinski definition) is 6. The van der Waals surface area contributed by atoms with Gasteiger partial charge in [-0.25, -0.2) is 16.8 Å². The number of nitrogens with one attached hydrogen (secondary N) is 2. The van der Waals surface area contributed by atoms with Crippen molar-refractivity contribution in [2.24, 2.45) is 7.05 Å². The molecule has 3 aromatic carbocycles. The van der Waals surface area contributed by atoms with E-state index < -0.39 is 20.0 Å². The summed E-state index contributed by atoms with van der Waals surface area (Å²) in [5.74, 6) is 0. The number of rotatable bonds is 6. The van der Waals surface area contributed by atoms with E-state index in [1.807, 2.05) is 0 Å². The zero-order valence-corrected chi connectivity index (χ0v) is 21.8. The first-order valence-electron chi connectivity index (χ1n) is 9.27. The SMILES string of the molecule is Cn1sc(=O)c2cc(S(=O)(=O)Nc3cc(Cl)ccc3NS(=O)(=O)c3cc(Cl)cc(Cl)c3)ccc21. The molecule has 0 amide bonds. The third kappa shape index (κ3) is 5.04. The Bertz CT molecular complexity index is 1690. The minimum absolute atomic E-state index is 0.0865. The van der Waals surface area contributed by atoms with Gasteiger partial charge < -0.3 is 0 Å². The highest BCUT2D eigenvalue weighted by molar-refractivity contribution is 7.93. The Morgan fingerprint density at radius 3 is 2.03 bits per heavy atom. The van der Waals surface area contributed by atoms with Gasteiger partial charge in [-0.15, -0.1) is 0 Å². The Morgan fingerprint density at radius 2 is 1.35 bits per heavy atom. The van der Waals surface area contributed by atoms with Gasteiger partial charge in [-0.1, -0.05) is 34.8 Å². The summed E-state index contributed by atoms with van der Waals surface area (Å²) in [7, 11) is -6.71. The van der Waals surface area contributed by atoms with Crippen LogP contribution in [0.3, 0.4) is 0 Å². The molecule has 14 heteroatoms. The Balaban J connectivity index is 1.72. The van der Waals surface area contributed by atoms with Crippen molar-refractivity contribution in [1.29, 1.82) is 0 Å². The lowest BCUT2D eigenvalue weighted by molar-refractivity contribution is 0.599. The first kappa shape index (κ1) is 24.8. The van der Waals surface area contributed by atoms with E-state index in [9.17, 15) is 21.6 Å². The second-order valence-corrected chi connectivity index (χ2v) is 12.8. The number of hydrogen-bond donors (Lipinski definition) is 2. The van der Waals surface area contributed by atoms with E-state index in [0.29, 0.717) is 5.52 Å². The number of anilines is 2. The van der Waals surface area contributed by atoms with Crippen LogP contribution in [0.2, 0.25) is 15.1 Å². The Labute approximate surface area is 213 Å². The summed E-state index contributed by atoms with van der Waals surface area (Å²) < 4.78 is 57.9. The van der Waals surface area contributed by atoms with E-state index in [1.54, 1.807) is 11.0 Å². The van der Waals surface area contributed by atoms with Gasteiger partial charge in [0.25, 0.3) is 24.8 Å². The number of aryl methyl sites for hydroxylation is 1. The van der Waals surface area contributed by atoms with Crippen LogP contribution in [0.25, 0.3) is 10.9 Å². The van der Waals surface area contributed by atoms with E-state index in [-0.39, 0.29) is 46.4 Å². The molecule has 0 aliphatic carbocycles. The molecule has 0 bridgehead atoms. The lowest BCUT2D eigenvalue weighted by Gasteiger charge is -2.15. The molecule has 4 rings (SSSR count). The third-order valence-corrected chi connectivity index (χ3v) is 8.91. The summed E-state index contributed by atoms with van der Waals surface area (Å²) in [6, 6.07) is 11.9. The van der Waals surface area contributed by atoms with E-state index >= 15 is 0 Å². The molecule has 4 aromatic rings. The van der Waals surface area contributed by atoms with Crippen LogP contribution < -0.4 is 14.2 Å². The van der Waals surface area contributed by atoms with Crippen molar-refractivity contribution < 1.29 is 16.8 Å². The largest absolute Gasteiger partial charge is 0.297 e. The Morgan fingerprint density at radius 1 is 0.735 bits per heavy atom. The maximum atomic E-state index is 13.1. The predicted molar refractivity (Wildman–Crippen MR) is 137 cm³/mol. The molecule has 0 atom stereocenters. The smallest absolute Gasteiger partial charge is 0.262 e. The molecule has 0 fully saturated rings. The van der Waals surface area contributed by atoms with Crippen molar-refractivity contribution in [3.63, 3.8) is 0 Å². The van der Waals surface area contributed by atoms with E-state index in [2.05, 4.69) is 9.44 Å². The van der Waals surface area contributed by atoms with Crippen molar-refractivity contribution in [3.8, 4) is 0 Å². The average molecular weight is 579 g/mol. The van der Waals surface area contributed by atoms with Crippen LogP contribution >= 0.6 is 46.3 Å². The van der Waals surface area contributed by atoms with Gasteiger partial charge in [0, 0.05) is 22.1 Å². The van der Waals surface area contributed by atoms with Crippen LogP contribution in [0.1, 0.15) is 0 Å². The summed E-state index contributed by atoms with van der Waals surface area (Å²) >= 11 is 18.8. The number of benzene rings is 3. The quantitative estimate of drug-likeness (QED) is 0.328. The normalized spacial score (nSPS) is 12.1. The first-order valence-corrected chi connectivity index (χ1v) is 14.1. The second kappa shape index (κ2) is 9.06. The van der Waals surface area contributed by atoms with Gasteiger partial charge in [-0.05, 0) is 66.1 Å². The lowest BCUT2D eigenvalue weighted by atomic mass is 10.2. The van der Waals surface area contributed by atoms with E-state index in [0.717, 1.165) is 11.5 Å². The molecule has 0 aliphatic heterocycles. The molecule has 178 valence electrons. The zero-order valence-electron chi connectivity index (χ0n) is 17.0. The number of halogens is 3. The summed E-state index contributed by atoms with van der Waals surface area (Å²) in [5.41, 5.74) is 0.379. The Kier molecular flexibility index (Phi) is 6.62. The number of fused-ring (bicyclic) bond motifs is 1. The molecule has 0 unspecified atom stereocenters. The number of aromatic nitrogens is 1. The number of sulfonamides is 2. The molecule has 0 aliphatic rings. The molecule has 1 aromatic heterocycles. The van der Waals surface area contributed by atoms with Crippen molar-refractivity contribution >= 4 is 88.7 Å². The van der Waals surface area contributed by atoms with Gasteiger partial charge in [0.15, 0.2) is 0 Å². The first-order chi connectivity index (χ1) is 15.9. The molecule has 2 N–H and O–H groups in total. The average Bonchev–Trinajstić information content (AvgIpc) is 3.02. The molecular formula is C20H14Cl3N3O5S3. The fourth-order valence-corrected chi connectivity index (χ4v) is 6.97. The molecule has 0 radical (unpaired) electrons. The monoisotopic (exact) mass is 577 g/mol. The predicted octanol–water partition coefficient (Wildman–Crippen LogP) is 5.16. The van der Waals surface area contributed by atoms with Crippen LogP contribution in [0.4, 0.5) is 11.4 Å². The van der Waals surface area contributed by atoms with Crippen molar-refractivity contribution in [2.45, 2.75) is 9.79 Å². The van der Waals surface area contributed by atoms with Crippen LogP contribution in [-0.4, -0.2) is 20.8 Å².